The molecule has 0 spiro atoms. The molecule has 3 nitrogen and oxygen atoms in total. The van der Waals surface area contributed by atoms with Gasteiger partial charge >= 0.3 is 0 Å². The first-order chi connectivity index (χ1) is 7.26. The summed E-state index contributed by atoms with van der Waals surface area (Å²) < 4.78 is 11.0. The van der Waals surface area contributed by atoms with Gasteiger partial charge in [0.1, 0.15) is 5.75 Å². The Labute approximate surface area is 90.2 Å². The molecule has 15 heavy (non-hydrogen) atoms. The predicted octanol–water partition coefficient (Wildman–Crippen LogP) is 2.07. The molecule has 1 aromatic rings. The van der Waals surface area contributed by atoms with Crippen LogP contribution in [0.25, 0.3) is 0 Å². The molecular weight excluding hydrogens is 190 g/mol. The van der Waals surface area contributed by atoms with E-state index < -0.39 is 0 Å². The quantitative estimate of drug-likeness (QED) is 0.769. The van der Waals surface area contributed by atoms with Crippen molar-refractivity contribution in [2.75, 3.05) is 25.6 Å². The molecule has 0 bridgehead atoms. The Morgan fingerprint density at radius 1 is 1.40 bits per heavy atom. The van der Waals surface area contributed by atoms with Gasteiger partial charge in [-0.2, -0.15) is 0 Å². The first kappa shape index (κ1) is 10.3. The zero-order valence-corrected chi connectivity index (χ0v) is 9.03. The Balaban J connectivity index is 1.95. The Morgan fingerprint density at radius 3 is 2.67 bits per heavy atom. The molecule has 0 amide bonds. The van der Waals surface area contributed by atoms with Crippen LogP contribution in [0.5, 0.6) is 5.75 Å². The third-order valence-corrected chi connectivity index (χ3v) is 3.02. The number of rotatable bonds is 4. The summed E-state index contributed by atoms with van der Waals surface area (Å²) in [5.41, 5.74) is 6.70. The van der Waals surface area contributed by atoms with Gasteiger partial charge in [-0.3, -0.25) is 0 Å². The number of ether oxygens (including phenoxy) is 2. The summed E-state index contributed by atoms with van der Waals surface area (Å²) in [4.78, 5) is 0. The maximum absolute atomic E-state index is 5.79. The summed E-state index contributed by atoms with van der Waals surface area (Å²) in [6.45, 7) is 4.46. The molecule has 0 saturated carbocycles. The van der Waals surface area contributed by atoms with Crippen LogP contribution in [-0.2, 0) is 4.74 Å². The lowest BCUT2D eigenvalue weighted by molar-refractivity contribution is -0.133. The van der Waals surface area contributed by atoms with Crippen molar-refractivity contribution < 1.29 is 9.47 Å². The van der Waals surface area contributed by atoms with E-state index in [1.54, 1.807) is 0 Å². The average molecular weight is 207 g/mol. The van der Waals surface area contributed by atoms with E-state index in [2.05, 4.69) is 6.92 Å². The van der Waals surface area contributed by atoms with Crippen LogP contribution in [-0.4, -0.2) is 19.8 Å². The molecule has 1 aliphatic rings. The van der Waals surface area contributed by atoms with Crippen LogP contribution in [0.15, 0.2) is 24.3 Å². The molecule has 0 atom stereocenters. The highest BCUT2D eigenvalue weighted by atomic mass is 16.5. The van der Waals surface area contributed by atoms with Crippen molar-refractivity contribution in [3.63, 3.8) is 0 Å². The summed E-state index contributed by atoms with van der Waals surface area (Å²) in [6.07, 6.45) is 1.08. The SMILES string of the molecule is CCC1(COc2ccccc2N)COC1. The molecule has 0 unspecified atom stereocenters. The fourth-order valence-corrected chi connectivity index (χ4v) is 1.62. The van der Waals surface area contributed by atoms with Crippen LogP contribution < -0.4 is 10.5 Å². The summed E-state index contributed by atoms with van der Waals surface area (Å²) in [5.74, 6) is 0.775. The molecule has 1 aliphatic heterocycles. The number of para-hydroxylation sites is 2. The number of nitrogens with two attached hydrogens (primary N) is 1. The summed E-state index contributed by atoms with van der Waals surface area (Å²) >= 11 is 0. The molecule has 0 aliphatic carbocycles. The fraction of sp³-hybridized carbons (Fsp3) is 0.500. The Morgan fingerprint density at radius 2 is 2.13 bits per heavy atom. The van der Waals surface area contributed by atoms with Crippen molar-refractivity contribution in [2.24, 2.45) is 5.41 Å². The first-order valence-corrected chi connectivity index (χ1v) is 5.31. The van der Waals surface area contributed by atoms with Crippen molar-refractivity contribution >= 4 is 5.69 Å². The second-order valence-electron chi connectivity index (χ2n) is 4.17. The van der Waals surface area contributed by atoms with Gasteiger partial charge in [-0.25, -0.2) is 0 Å². The van der Waals surface area contributed by atoms with E-state index >= 15 is 0 Å². The standard InChI is InChI=1S/C12H17NO2/c1-2-12(7-14-8-12)9-15-11-6-4-3-5-10(11)13/h3-6H,2,7-9,13H2,1H3. The van der Waals surface area contributed by atoms with Gasteiger partial charge in [-0.05, 0) is 18.6 Å². The van der Waals surface area contributed by atoms with E-state index in [1.807, 2.05) is 24.3 Å². The lowest BCUT2D eigenvalue weighted by Crippen LogP contribution is -2.46. The van der Waals surface area contributed by atoms with Crippen molar-refractivity contribution in [3.05, 3.63) is 24.3 Å². The van der Waals surface area contributed by atoms with Gasteiger partial charge in [-0.15, -0.1) is 0 Å². The molecule has 1 saturated heterocycles. The fourth-order valence-electron chi connectivity index (χ4n) is 1.62. The van der Waals surface area contributed by atoms with E-state index in [4.69, 9.17) is 15.2 Å². The number of benzene rings is 1. The van der Waals surface area contributed by atoms with Gasteiger partial charge in [0.05, 0.1) is 30.9 Å². The van der Waals surface area contributed by atoms with E-state index in [9.17, 15) is 0 Å². The van der Waals surface area contributed by atoms with E-state index in [1.165, 1.54) is 0 Å². The van der Waals surface area contributed by atoms with Crippen molar-refractivity contribution in [3.8, 4) is 5.75 Å². The van der Waals surface area contributed by atoms with Gasteiger partial charge in [0.2, 0.25) is 0 Å². The second-order valence-corrected chi connectivity index (χ2v) is 4.17. The van der Waals surface area contributed by atoms with Gasteiger partial charge in [0.15, 0.2) is 0 Å². The van der Waals surface area contributed by atoms with Crippen LogP contribution in [0.2, 0.25) is 0 Å². The maximum Gasteiger partial charge on any atom is 0.142 e. The van der Waals surface area contributed by atoms with Crippen LogP contribution >= 0.6 is 0 Å². The molecule has 1 heterocycles. The molecule has 82 valence electrons. The first-order valence-electron chi connectivity index (χ1n) is 5.31. The molecule has 2 N–H and O–H groups in total. The third-order valence-electron chi connectivity index (χ3n) is 3.02. The highest BCUT2D eigenvalue weighted by Gasteiger charge is 2.37. The zero-order chi connectivity index (χ0) is 10.7. The topological polar surface area (TPSA) is 44.5 Å². The van der Waals surface area contributed by atoms with Crippen molar-refractivity contribution in [2.45, 2.75) is 13.3 Å². The Bertz CT molecular complexity index is 329. The average Bonchev–Trinajstić information content (AvgIpc) is 2.19. The van der Waals surface area contributed by atoms with E-state index in [-0.39, 0.29) is 5.41 Å². The molecule has 1 fully saturated rings. The lowest BCUT2D eigenvalue weighted by Gasteiger charge is -2.40. The van der Waals surface area contributed by atoms with E-state index in [0.29, 0.717) is 12.3 Å². The minimum Gasteiger partial charge on any atom is -0.491 e. The number of anilines is 1. The minimum atomic E-state index is 0.211. The summed E-state index contributed by atoms with van der Waals surface area (Å²) in [6, 6.07) is 7.59. The smallest absolute Gasteiger partial charge is 0.142 e. The number of hydrogen-bond donors (Lipinski definition) is 1. The predicted molar refractivity (Wildman–Crippen MR) is 59.9 cm³/mol. The van der Waals surface area contributed by atoms with Gasteiger partial charge in [0, 0.05) is 0 Å². The molecule has 0 radical (unpaired) electrons. The highest BCUT2D eigenvalue weighted by Crippen LogP contribution is 2.32. The van der Waals surface area contributed by atoms with Crippen LogP contribution in [0.1, 0.15) is 13.3 Å². The van der Waals surface area contributed by atoms with Crippen molar-refractivity contribution in [1.82, 2.24) is 0 Å². The highest BCUT2D eigenvalue weighted by molar-refractivity contribution is 5.51. The molecule has 2 rings (SSSR count). The van der Waals surface area contributed by atoms with E-state index in [0.717, 1.165) is 25.4 Å². The molecule has 0 aromatic heterocycles. The zero-order valence-electron chi connectivity index (χ0n) is 9.03. The monoisotopic (exact) mass is 207 g/mol. The molecular formula is C12H17NO2. The van der Waals surface area contributed by atoms with Crippen LogP contribution in [0.3, 0.4) is 0 Å². The van der Waals surface area contributed by atoms with Gasteiger partial charge in [0.25, 0.3) is 0 Å². The molecule has 1 aromatic carbocycles. The maximum atomic E-state index is 5.79. The molecule has 3 heteroatoms. The Hall–Kier alpha value is -1.22. The van der Waals surface area contributed by atoms with Gasteiger partial charge < -0.3 is 15.2 Å². The largest absolute Gasteiger partial charge is 0.491 e. The normalized spacial score (nSPS) is 18.2. The van der Waals surface area contributed by atoms with Crippen LogP contribution in [0, 0.1) is 5.41 Å². The summed E-state index contributed by atoms with van der Waals surface area (Å²) in [5, 5.41) is 0. The Kier molecular flexibility index (Phi) is 2.82. The van der Waals surface area contributed by atoms with Crippen molar-refractivity contribution in [1.29, 1.82) is 0 Å². The second kappa shape index (κ2) is 4.11. The number of hydrogen-bond acceptors (Lipinski definition) is 3. The van der Waals surface area contributed by atoms with Crippen LogP contribution in [0.4, 0.5) is 5.69 Å². The number of nitrogen functional groups attached to an aromatic ring is 1. The lowest BCUT2D eigenvalue weighted by atomic mass is 9.84. The minimum absolute atomic E-state index is 0.211. The third kappa shape index (κ3) is 2.07. The van der Waals surface area contributed by atoms with Gasteiger partial charge in [-0.1, -0.05) is 19.1 Å². The summed E-state index contributed by atoms with van der Waals surface area (Å²) in [7, 11) is 0.